The average Bonchev–Trinajstić information content (AvgIpc) is 2.54. The Balaban J connectivity index is 2.08. The summed E-state index contributed by atoms with van der Waals surface area (Å²) < 4.78 is 0. The van der Waals surface area contributed by atoms with Crippen molar-refractivity contribution in [3.05, 3.63) is 0 Å². The van der Waals surface area contributed by atoms with Gasteiger partial charge < -0.3 is 0 Å². The van der Waals surface area contributed by atoms with E-state index >= 15 is 0 Å². The van der Waals surface area contributed by atoms with Crippen LogP contribution in [0.1, 0.15) is 32.6 Å². The molecular formula is C11H16O2S. The van der Waals surface area contributed by atoms with Gasteiger partial charge >= 0.3 is 0 Å². The van der Waals surface area contributed by atoms with Gasteiger partial charge in [-0.05, 0) is 24.5 Å². The fraction of sp³-hybridized carbons (Fsp3) is 0.818. The van der Waals surface area contributed by atoms with E-state index in [1.807, 2.05) is 18.7 Å². The van der Waals surface area contributed by atoms with Crippen LogP contribution in [0.4, 0.5) is 0 Å². The first kappa shape index (κ1) is 10.2. The maximum absolute atomic E-state index is 11.8. The molecule has 1 atom stereocenters. The second-order valence-electron chi connectivity index (χ2n) is 4.48. The van der Waals surface area contributed by atoms with Gasteiger partial charge in [-0.15, -0.1) is 0 Å². The van der Waals surface area contributed by atoms with Gasteiger partial charge in [0.05, 0.1) is 5.92 Å². The summed E-state index contributed by atoms with van der Waals surface area (Å²) in [5.74, 6) is 1.55. The van der Waals surface area contributed by atoms with Gasteiger partial charge in [0.25, 0.3) is 0 Å². The van der Waals surface area contributed by atoms with Gasteiger partial charge in [0.1, 0.15) is 11.6 Å². The predicted molar refractivity (Wildman–Crippen MR) is 57.4 cm³/mol. The zero-order valence-electron chi connectivity index (χ0n) is 8.49. The molecule has 1 saturated carbocycles. The highest BCUT2D eigenvalue weighted by Crippen LogP contribution is 2.37. The molecule has 0 aromatic rings. The molecule has 78 valence electrons. The molecule has 0 N–H and O–H groups in total. The molecule has 0 bridgehead atoms. The van der Waals surface area contributed by atoms with Crippen molar-refractivity contribution in [2.75, 3.05) is 5.75 Å². The minimum absolute atomic E-state index is 0.202. The Hall–Kier alpha value is -0.310. The lowest BCUT2D eigenvalue weighted by molar-refractivity contribution is -0.137. The third-order valence-corrected chi connectivity index (χ3v) is 4.59. The number of carbonyl (C=O) groups excluding carboxylic acids is 2. The molecule has 1 heterocycles. The van der Waals surface area contributed by atoms with Crippen LogP contribution in [-0.4, -0.2) is 22.6 Å². The van der Waals surface area contributed by atoms with E-state index in [1.165, 1.54) is 6.42 Å². The predicted octanol–water partition coefficient (Wildman–Crippen LogP) is 2.07. The van der Waals surface area contributed by atoms with E-state index in [4.69, 9.17) is 0 Å². The molecule has 0 radical (unpaired) electrons. The third kappa shape index (κ3) is 1.88. The zero-order chi connectivity index (χ0) is 10.1. The molecule has 0 amide bonds. The summed E-state index contributed by atoms with van der Waals surface area (Å²) in [7, 11) is 0. The van der Waals surface area contributed by atoms with Gasteiger partial charge in [-0.25, -0.2) is 0 Å². The Bertz CT molecular complexity index is 238. The summed E-state index contributed by atoms with van der Waals surface area (Å²) in [5, 5.41) is 0.308. The molecule has 2 rings (SSSR count). The van der Waals surface area contributed by atoms with Crippen molar-refractivity contribution < 1.29 is 9.59 Å². The normalized spacial score (nSPS) is 39.1. The zero-order valence-corrected chi connectivity index (χ0v) is 9.31. The van der Waals surface area contributed by atoms with E-state index < -0.39 is 0 Å². The van der Waals surface area contributed by atoms with Crippen molar-refractivity contribution in [2.24, 2.45) is 11.8 Å². The number of thioether (sulfide) groups is 1. The summed E-state index contributed by atoms with van der Waals surface area (Å²) in [6.07, 6.45) is 3.46. The van der Waals surface area contributed by atoms with Crippen molar-refractivity contribution >= 4 is 23.3 Å². The summed E-state index contributed by atoms with van der Waals surface area (Å²) >= 11 is 1.82. The first-order valence-electron chi connectivity index (χ1n) is 5.35. The molecule has 2 nitrogen and oxygen atoms in total. The highest BCUT2D eigenvalue weighted by molar-refractivity contribution is 8.00. The van der Waals surface area contributed by atoms with E-state index in [1.54, 1.807) is 0 Å². The Morgan fingerprint density at radius 3 is 2.36 bits per heavy atom. The maximum atomic E-state index is 11.8. The van der Waals surface area contributed by atoms with E-state index in [9.17, 15) is 9.59 Å². The highest BCUT2D eigenvalue weighted by atomic mass is 32.2. The maximum Gasteiger partial charge on any atom is 0.144 e. The summed E-state index contributed by atoms with van der Waals surface area (Å²) in [5.41, 5.74) is 0. The monoisotopic (exact) mass is 212 g/mol. The van der Waals surface area contributed by atoms with E-state index in [0.29, 0.717) is 18.1 Å². The van der Waals surface area contributed by atoms with Crippen LogP contribution in [0, 0.1) is 11.8 Å². The average molecular weight is 212 g/mol. The van der Waals surface area contributed by atoms with Crippen LogP contribution in [0.5, 0.6) is 0 Å². The molecular weight excluding hydrogens is 196 g/mol. The molecule has 2 aliphatic rings. The van der Waals surface area contributed by atoms with Crippen molar-refractivity contribution in [1.82, 2.24) is 0 Å². The van der Waals surface area contributed by atoms with Gasteiger partial charge in [0, 0.05) is 18.1 Å². The first-order chi connectivity index (χ1) is 6.68. The lowest BCUT2D eigenvalue weighted by Gasteiger charge is -2.27. The van der Waals surface area contributed by atoms with E-state index in [2.05, 4.69) is 0 Å². The molecule has 1 aliphatic carbocycles. The van der Waals surface area contributed by atoms with Gasteiger partial charge in [0.2, 0.25) is 0 Å². The minimum Gasteiger partial charge on any atom is -0.299 e. The molecule has 3 heteroatoms. The van der Waals surface area contributed by atoms with Crippen LogP contribution in [0.25, 0.3) is 0 Å². The van der Waals surface area contributed by atoms with Crippen molar-refractivity contribution in [3.63, 3.8) is 0 Å². The number of carbonyl (C=O) groups is 2. The van der Waals surface area contributed by atoms with Crippen LogP contribution >= 0.6 is 11.8 Å². The van der Waals surface area contributed by atoms with Gasteiger partial charge in [-0.2, -0.15) is 11.8 Å². The van der Waals surface area contributed by atoms with Crippen molar-refractivity contribution in [3.8, 4) is 0 Å². The number of hydrogen-bond acceptors (Lipinski definition) is 3. The molecule has 0 spiro atoms. The standard InChI is InChI=1S/C11H16O2S/c1-7-5-8(12)11(9(13)6-7)10-3-2-4-14-10/h7,10-11H,2-6H2,1H3. The van der Waals surface area contributed by atoms with Crippen LogP contribution in [0.3, 0.4) is 0 Å². The Labute approximate surface area is 88.8 Å². The topological polar surface area (TPSA) is 34.1 Å². The Kier molecular flexibility index (Phi) is 2.96. The Morgan fingerprint density at radius 2 is 1.86 bits per heavy atom. The van der Waals surface area contributed by atoms with Crippen LogP contribution in [-0.2, 0) is 9.59 Å². The van der Waals surface area contributed by atoms with Gasteiger partial charge in [-0.3, -0.25) is 9.59 Å². The number of rotatable bonds is 1. The second-order valence-corrected chi connectivity index (χ2v) is 5.82. The summed E-state index contributed by atoms with van der Waals surface area (Å²) in [6, 6.07) is 0. The third-order valence-electron chi connectivity index (χ3n) is 3.13. The molecule has 1 saturated heterocycles. The quantitative estimate of drug-likeness (QED) is 0.624. The van der Waals surface area contributed by atoms with E-state index in [0.717, 1.165) is 12.2 Å². The van der Waals surface area contributed by atoms with Crippen LogP contribution in [0.15, 0.2) is 0 Å². The lowest BCUT2D eigenvalue weighted by atomic mass is 9.78. The van der Waals surface area contributed by atoms with Gasteiger partial charge in [-0.1, -0.05) is 6.92 Å². The lowest BCUT2D eigenvalue weighted by Crippen LogP contribution is -2.38. The molecule has 2 fully saturated rings. The number of ketones is 2. The summed E-state index contributed by atoms with van der Waals surface area (Å²) in [6.45, 7) is 1.99. The molecule has 0 aromatic heterocycles. The first-order valence-corrected chi connectivity index (χ1v) is 6.40. The van der Waals surface area contributed by atoms with Gasteiger partial charge in [0.15, 0.2) is 0 Å². The number of Topliss-reactive ketones (excluding diaryl/α,β-unsaturated/α-hetero) is 2. The molecule has 0 aromatic carbocycles. The highest BCUT2D eigenvalue weighted by Gasteiger charge is 2.40. The fourth-order valence-electron chi connectivity index (χ4n) is 2.47. The largest absolute Gasteiger partial charge is 0.299 e. The Morgan fingerprint density at radius 1 is 1.21 bits per heavy atom. The fourth-order valence-corrected chi connectivity index (χ4v) is 3.94. The SMILES string of the molecule is CC1CC(=O)C(C2CCCS2)C(=O)C1. The smallest absolute Gasteiger partial charge is 0.144 e. The van der Waals surface area contributed by atoms with Crippen LogP contribution in [0.2, 0.25) is 0 Å². The summed E-state index contributed by atoms with van der Waals surface area (Å²) in [4.78, 5) is 23.5. The number of hydrogen-bond donors (Lipinski definition) is 0. The van der Waals surface area contributed by atoms with Crippen molar-refractivity contribution in [1.29, 1.82) is 0 Å². The molecule has 1 aliphatic heterocycles. The molecule has 1 unspecified atom stereocenters. The van der Waals surface area contributed by atoms with Crippen molar-refractivity contribution in [2.45, 2.75) is 37.9 Å². The van der Waals surface area contributed by atoms with E-state index in [-0.39, 0.29) is 23.4 Å². The second kappa shape index (κ2) is 4.05. The minimum atomic E-state index is -0.251. The van der Waals surface area contributed by atoms with Crippen LogP contribution < -0.4 is 0 Å². The molecule has 14 heavy (non-hydrogen) atoms.